The number of unbranched alkanes of at least 4 members (excludes halogenated alkanes) is 1. The van der Waals surface area contributed by atoms with Crippen LogP contribution in [0.4, 0.5) is 0 Å². The first-order valence-corrected chi connectivity index (χ1v) is 4.79. The van der Waals surface area contributed by atoms with Crippen molar-refractivity contribution in [1.29, 1.82) is 0 Å². The molecule has 3 nitrogen and oxygen atoms in total. The van der Waals surface area contributed by atoms with E-state index in [9.17, 15) is 4.79 Å². The van der Waals surface area contributed by atoms with Crippen LogP contribution in [0.25, 0.3) is 0 Å². The summed E-state index contributed by atoms with van der Waals surface area (Å²) in [6, 6.07) is 1.77. The van der Waals surface area contributed by atoms with Gasteiger partial charge in [0.05, 0.1) is 6.61 Å². The van der Waals surface area contributed by atoms with Crippen molar-refractivity contribution in [1.82, 2.24) is 4.98 Å². The highest BCUT2D eigenvalue weighted by atomic mass is 35.5. The van der Waals surface area contributed by atoms with Gasteiger partial charge in [-0.15, -0.1) is 0 Å². The van der Waals surface area contributed by atoms with Gasteiger partial charge in [0.2, 0.25) is 0 Å². The van der Waals surface area contributed by atoms with Crippen molar-refractivity contribution in [2.24, 2.45) is 0 Å². The van der Waals surface area contributed by atoms with Crippen molar-refractivity contribution in [2.75, 3.05) is 6.61 Å². The van der Waals surface area contributed by atoms with E-state index >= 15 is 0 Å². The minimum absolute atomic E-state index is 0.418. The fraction of sp³-hybridized carbons (Fsp3) is 0.400. The number of hydrogen-bond donors (Lipinski definition) is 0. The Labute approximate surface area is 88.1 Å². The second kappa shape index (κ2) is 6.38. The van der Waals surface area contributed by atoms with E-state index in [1.807, 2.05) is 0 Å². The zero-order chi connectivity index (χ0) is 10.2. The highest BCUT2D eigenvalue weighted by Crippen LogP contribution is 2.15. The molecular formula is C10H11ClNO2. The summed E-state index contributed by atoms with van der Waals surface area (Å²) in [5.41, 5.74) is 1.03. The molecule has 1 heterocycles. The lowest BCUT2D eigenvalue weighted by Gasteiger charge is -2.02. The van der Waals surface area contributed by atoms with Gasteiger partial charge >= 0.3 is 6.47 Å². The molecule has 0 fully saturated rings. The average Bonchev–Trinajstić information content (AvgIpc) is 2.20. The fourth-order valence-corrected chi connectivity index (χ4v) is 1.33. The molecule has 0 spiro atoms. The van der Waals surface area contributed by atoms with Crippen LogP contribution in [0.3, 0.4) is 0 Å². The minimum Gasteiger partial charge on any atom is -0.457 e. The Balaban J connectivity index is 2.24. The molecule has 0 bridgehead atoms. The Morgan fingerprint density at radius 1 is 1.50 bits per heavy atom. The smallest absolute Gasteiger partial charge is 0.417 e. The Morgan fingerprint density at radius 3 is 3.07 bits per heavy atom. The van der Waals surface area contributed by atoms with Crippen LogP contribution in [0, 0.1) is 0 Å². The third kappa shape index (κ3) is 3.75. The van der Waals surface area contributed by atoms with Gasteiger partial charge in [-0.2, -0.15) is 0 Å². The van der Waals surface area contributed by atoms with Crippen molar-refractivity contribution in [3.05, 3.63) is 29.0 Å². The molecular weight excluding hydrogens is 202 g/mol. The number of hydrogen-bond acceptors (Lipinski definition) is 3. The maximum absolute atomic E-state index is 9.71. The van der Waals surface area contributed by atoms with Gasteiger partial charge in [0.1, 0.15) is 0 Å². The molecule has 0 saturated heterocycles. The van der Waals surface area contributed by atoms with Crippen LogP contribution < -0.4 is 0 Å². The second-order valence-electron chi connectivity index (χ2n) is 2.86. The van der Waals surface area contributed by atoms with Gasteiger partial charge in [-0.25, -0.2) is 4.79 Å². The molecule has 0 aliphatic rings. The predicted octanol–water partition coefficient (Wildman–Crippen LogP) is 2.14. The Bertz CT molecular complexity index is 291. The van der Waals surface area contributed by atoms with E-state index in [0.29, 0.717) is 6.61 Å². The molecule has 1 aromatic rings. The maximum Gasteiger partial charge on any atom is 0.417 e. The van der Waals surface area contributed by atoms with Crippen molar-refractivity contribution >= 4 is 18.1 Å². The van der Waals surface area contributed by atoms with E-state index < -0.39 is 0 Å². The molecule has 0 N–H and O–H groups in total. The summed E-state index contributed by atoms with van der Waals surface area (Å²) in [7, 11) is 0. The van der Waals surface area contributed by atoms with Crippen LogP contribution >= 0.6 is 11.6 Å². The van der Waals surface area contributed by atoms with E-state index in [-0.39, 0.29) is 0 Å². The van der Waals surface area contributed by atoms with Gasteiger partial charge in [-0.1, -0.05) is 11.6 Å². The van der Waals surface area contributed by atoms with E-state index in [1.165, 1.54) is 6.47 Å². The molecule has 0 saturated carbocycles. The first-order valence-electron chi connectivity index (χ1n) is 4.42. The van der Waals surface area contributed by atoms with E-state index in [4.69, 9.17) is 11.6 Å². The highest BCUT2D eigenvalue weighted by Gasteiger charge is 1.99. The molecule has 0 atom stereocenters. The van der Waals surface area contributed by atoms with Crippen LogP contribution in [0.1, 0.15) is 18.4 Å². The summed E-state index contributed by atoms with van der Waals surface area (Å²) < 4.78 is 4.45. The first-order chi connectivity index (χ1) is 6.84. The van der Waals surface area contributed by atoms with Crippen LogP contribution in [0.15, 0.2) is 18.5 Å². The summed E-state index contributed by atoms with van der Waals surface area (Å²) in [4.78, 5) is 13.7. The molecule has 1 aromatic heterocycles. The summed E-state index contributed by atoms with van der Waals surface area (Å²) in [6.45, 7) is 1.81. The van der Waals surface area contributed by atoms with Crippen LogP contribution in [-0.4, -0.2) is 18.1 Å². The lowest BCUT2D eigenvalue weighted by molar-refractivity contribution is 0.270. The quantitative estimate of drug-likeness (QED) is 0.679. The van der Waals surface area contributed by atoms with Gasteiger partial charge in [0.25, 0.3) is 0 Å². The van der Waals surface area contributed by atoms with E-state index in [1.54, 1.807) is 18.5 Å². The fourth-order valence-electron chi connectivity index (χ4n) is 1.13. The molecule has 1 rings (SSSR count). The van der Waals surface area contributed by atoms with Crippen LogP contribution in [-0.2, 0) is 16.0 Å². The molecule has 0 aliphatic heterocycles. The molecule has 0 aromatic carbocycles. The Kier molecular flexibility index (Phi) is 5.00. The monoisotopic (exact) mass is 212 g/mol. The standard InChI is InChI=1S/C10H11ClNO2/c11-10-4-5-12-7-9(10)3-1-2-6-14-8-13/h4-5,7H,1-3,6H2. The van der Waals surface area contributed by atoms with Gasteiger partial charge < -0.3 is 4.74 Å². The molecule has 4 heteroatoms. The zero-order valence-corrected chi connectivity index (χ0v) is 8.46. The number of aryl methyl sites for hydroxylation is 1. The summed E-state index contributed by atoms with van der Waals surface area (Å²) >= 11 is 5.93. The minimum atomic E-state index is 0.418. The third-order valence-electron chi connectivity index (χ3n) is 1.85. The SMILES string of the molecule is O=[C]OCCCCc1cnccc1Cl. The van der Waals surface area contributed by atoms with Gasteiger partial charge in [0, 0.05) is 17.4 Å². The van der Waals surface area contributed by atoms with E-state index in [0.717, 1.165) is 29.8 Å². The maximum atomic E-state index is 9.71. The Morgan fingerprint density at radius 2 is 2.36 bits per heavy atom. The molecule has 0 amide bonds. The zero-order valence-electron chi connectivity index (χ0n) is 7.70. The number of carbonyl (C=O) groups excluding carboxylic acids is 1. The summed E-state index contributed by atoms with van der Waals surface area (Å²) in [5.74, 6) is 0. The number of rotatable bonds is 6. The van der Waals surface area contributed by atoms with Gasteiger partial charge in [-0.05, 0) is 30.9 Å². The normalized spacial score (nSPS) is 9.79. The van der Waals surface area contributed by atoms with Crippen molar-refractivity contribution in [2.45, 2.75) is 19.3 Å². The van der Waals surface area contributed by atoms with Gasteiger partial charge in [-0.3, -0.25) is 4.98 Å². The lowest BCUT2D eigenvalue weighted by Crippen LogP contribution is -1.94. The molecule has 1 radical (unpaired) electrons. The van der Waals surface area contributed by atoms with Crippen molar-refractivity contribution in [3.8, 4) is 0 Å². The number of nitrogens with zero attached hydrogens (tertiary/aromatic N) is 1. The second-order valence-corrected chi connectivity index (χ2v) is 3.26. The predicted molar refractivity (Wildman–Crippen MR) is 53.8 cm³/mol. The largest absolute Gasteiger partial charge is 0.457 e. The number of aromatic nitrogens is 1. The molecule has 75 valence electrons. The third-order valence-corrected chi connectivity index (χ3v) is 2.21. The van der Waals surface area contributed by atoms with Gasteiger partial charge in [0.15, 0.2) is 0 Å². The lowest BCUT2D eigenvalue weighted by atomic mass is 10.1. The molecule has 0 unspecified atom stereocenters. The Hall–Kier alpha value is -1.09. The molecule has 0 aliphatic carbocycles. The van der Waals surface area contributed by atoms with Crippen LogP contribution in [0.2, 0.25) is 5.02 Å². The first kappa shape index (κ1) is 11.0. The van der Waals surface area contributed by atoms with Crippen LogP contribution in [0.5, 0.6) is 0 Å². The number of halogens is 1. The summed E-state index contributed by atoms with van der Waals surface area (Å²) in [5, 5.41) is 0.739. The highest BCUT2D eigenvalue weighted by molar-refractivity contribution is 6.31. The van der Waals surface area contributed by atoms with Crippen molar-refractivity contribution < 1.29 is 9.53 Å². The van der Waals surface area contributed by atoms with Crippen molar-refractivity contribution in [3.63, 3.8) is 0 Å². The number of pyridine rings is 1. The topological polar surface area (TPSA) is 39.2 Å². The summed E-state index contributed by atoms with van der Waals surface area (Å²) in [6.07, 6.45) is 6.02. The van der Waals surface area contributed by atoms with E-state index in [2.05, 4.69) is 9.72 Å². The number of ether oxygens (including phenoxy) is 1. The average molecular weight is 213 g/mol. The molecule has 14 heavy (non-hydrogen) atoms.